The van der Waals surface area contributed by atoms with Gasteiger partial charge in [-0.3, -0.25) is 9.59 Å². The van der Waals surface area contributed by atoms with E-state index in [1.807, 2.05) is 17.5 Å². The summed E-state index contributed by atoms with van der Waals surface area (Å²) in [6.45, 7) is 1.46. The van der Waals surface area contributed by atoms with Crippen molar-refractivity contribution in [2.45, 2.75) is 19.4 Å². The number of amides is 2. The van der Waals surface area contributed by atoms with Crippen molar-refractivity contribution in [2.24, 2.45) is 5.92 Å². The number of carbonyl (C=O) groups excluding carboxylic acids is 2. The Kier molecular flexibility index (Phi) is 5.76. The highest BCUT2D eigenvalue weighted by Crippen LogP contribution is 2.27. The fourth-order valence-electron chi connectivity index (χ4n) is 3.58. The van der Waals surface area contributed by atoms with E-state index in [0.717, 1.165) is 4.88 Å². The lowest BCUT2D eigenvalue weighted by atomic mass is 9.94. The highest BCUT2D eigenvalue weighted by molar-refractivity contribution is 7.09. The van der Waals surface area contributed by atoms with Crippen LogP contribution in [0, 0.1) is 11.7 Å². The van der Waals surface area contributed by atoms with Gasteiger partial charge < -0.3 is 14.2 Å². The number of anilines is 1. The molecule has 3 heterocycles. The average molecular weight is 412 g/mol. The summed E-state index contributed by atoms with van der Waals surface area (Å²) in [6.07, 6.45) is 2.66. The SMILES string of the molecule is O=C(c1ccco1)N1CCC(C(=O)N(Cc2cccs2)c2ccc(F)cc2)CC1. The highest BCUT2D eigenvalue weighted by atomic mass is 32.1. The lowest BCUT2D eigenvalue weighted by Gasteiger charge is -2.34. The number of thiophene rings is 1. The van der Waals surface area contributed by atoms with E-state index in [2.05, 4.69) is 0 Å². The van der Waals surface area contributed by atoms with Crippen LogP contribution < -0.4 is 4.90 Å². The minimum absolute atomic E-state index is 0.00936. The molecule has 2 amide bonds. The molecule has 0 spiro atoms. The predicted octanol–water partition coefficient (Wildman–Crippen LogP) is 4.57. The molecule has 5 nitrogen and oxygen atoms in total. The third-order valence-electron chi connectivity index (χ3n) is 5.16. The molecule has 29 heavy (non-hydrogen) atoms. The van der Waals surface area contributed by atoms with Crippen LogP contribution in [-0.4, -0.2) is 29.8 Å². The van der Waals surface area contributed by atoms with E-state index < -0.39 is 0 Å². The van der Waals surface area contributed by atoms with Crippen molar-refractivity contribution in [1.82, 2.24) is 4.90 Å². The predicted molar refractivity (Wildman–Crippen MR) is 109 cm³/mol. The minimum Gasteiger partial charge on any atom is -0.459 e. The van der Waals surface area contributed by atoms with Gasteiger partial charge in [0.25, 0.3) is 5.91 Å². The summed E-state index contributed by atoms with van der Waals surface area (Å²) in [7, 11) is 0. The van der Waals surface area contributed by atoms with E-state index in [-0.39, 0.29) is 23.5 Å². The van der Waals surface area contributed by atoms with Gasteiger partial charge in [-0.05, 0) is 60.7 Å². The fourth-order valence-corrected chi connectivity index (χ4v) is 4.27. The van der Waals surface area contributed by atoms with E-state index >= 15 is 0 Å². The number of halogens is 1. The molecule has 3 aromatic rings. The lowest BCUT2D eigenvalue weighted by molar-refractivity contribution is -0.123. The third kappa shape index (κ3) is 4.40. The molecule has 0 bridgehead atoms. The number of likely N-dealkylation sites (tertiary alicyclic amines) is 1. The first-order chi connectivity index (χ1) is 14.1. The Labute approximate surface area is 172 Å². The smallest absolute Gasteiger partial charge is 0.289 e. The van der Waals surface area contributed by atoms with Crippen LogP contribution in [0.3, 0.4) is 0 Å². The number of hydrogen-bond acceptors (Lipinski definition) is 4. The molecular formula is C22H21FN2O3S. The van der Waals surface area contributed by atoms with Gasteiger partial charge in [-0.1, -0.05) is 6.07 Å². The van der Waals surface area contributed by atoms with Crippen LogP contribution in [0.5, 0.6) is 0 Å². The van der Waals surface area contributed by atoms with Gasteiger partial charge in [0.2, 0.25) is 5.91 Å². The van der Waals surface area contributed by atoms with Gasteiger partial charge in [0.05, 0.1) is 12.8 Å². The van der Waals surface area contributed by atoms with Crippen LogP contribution in [0.1, 0.15) is 28.3 Å². The standard InChI is InChI=1S/C22H21FN2O3S/c23-17-5-7-18(8-6-17)25(15-19-3-2-14-29-19)21(26)16-9-11-24(12-10-16)22(27)20-4-1-13-28-20/h1-8,13-14,16H,9-12,15H2. The zero-order valence-corrected chi connectivity index (χ0v) is 16.6. The Hall–Kier alpha value is -2.93. The molecule has 0 atom stereocenters. The maximum absolute atomic E-state index is 13.4. The zero-order chi connectivity index (χ0) is 20.2. The molecule has 4 rings (SSSR count). The van der Waals surface area contributed by atoms with E-state index in [1.54, 1.807) is 45.4 Å². The van der Waals surface area contributed by atoms with Gasteiger partial charge >= 0.3 is 0 Å². The number of piperidine rings is 1. The van der Waals surface area contributed by atoms with Crippen LogP contribution in [0.4, 0.5) is 10.1 Å². The quantitative estimate of drug-likeness (QED) is 0.617. The second-order valence-electron chi connectivity index (χ2n) is 7.02. The molecule has 0 unspecified atom stereocenters. The Bertz CT molecular complexity index is 947. The summed E-state index contributed by atoms with van der Waals surface area (Å²) in [6, 6.07) is 13.3. The second kappa shape index (κ2) is 8.61. The van der Waals surface area contributed by atoms with Crippen molar-refractivity contribution >= 4 is 28.8 Å². The molecule has 1 aromatic carbocycles. The highest BCUT2D eigenvalue weighted by Gasteiger charge is 2.32. The van der Waals surface area contributed by atoms with Crippen LogP contribution in [0.2, 0.25) is 0 Å². The Morgan fingerprint density at radius 2 is 1.86 bits per heavy atom. The zero-order valence-electron chi connectivity index (χ0n) is 15.8. The Morgan fingerprint density at radius 3 is 2.48 bits per heavy atom. The van der Waals surface area contributed by atoms with Crippen molar-refractivity contribution in [1.29, 1.82) is 0 Å². The molecule has 1 saturated heterocycles. The number of nitrogens with zero attached hydrogens (tertiary/aromatic N) is 2. The lowest BCUT2D eigenvalue weighted by Crippen LogP contribution is -2.44. The van der Waals surface area contributed by atoms with Crippen LogP contribution in [-0.2, 0) is 11.3 Å². The van der Waals surface area contributed by atoms with Gasteiger partial charge in [-0.25, -0.2) is 4.39 Å². The maximum atomic E-state index is 13.4. The first-order valence-corrected chi connectivity index (χ1v) is 10.4. The first-order valence-electron chi connectivity index (χ1n) is 9.54. The molecule has 2 aromatic heterocycles. The van der Waals surface area contributed by atoms with Crippen molar-refractivity contribution in [3.63, 3.8) is 0 Å². The molecule has 0 N–H and O–H groups in total. The molecule has 1 aliphatic heterocycles. The summed E-state index contributed by atoms with van der Waals surface area (Å²) >= 11 is 1.58. The average Bonchev–Trinajstić information content (AvgIpc) is 3.46. The second-order valence-corrected chi connectivity index (χ2v) is 8.06. The Balaban J connectivity index is 1.46. The van der Waals surface area contributed by atoms with Gasteiger partial charge in [0, 0.05) is 29.6 Å². The van der Waals surface area contributed by atoms with Crippen molar-refractivity contribution in [2.75, 3.05) is 18.0 Å². The third-order valence-corrected chi connectivity index (χ3v) is 6.02. The number of benzene rings is 1. The summed E-state index contributed by atoms with van der Waals surface area (Å²) in [4.78, 5) is 30.3. The molecule has 1 fully saturated rings. The largest absolute Gasteiger partial charge is 0.459 e. The fraction of sp³-hybridized carbons (Fsp3) is 0.273. The number of rotatable bonds is 5. The minimum atomic E-state index is -0.331. The van der Waals surface area contributed by atoms with Crippen LogP contribution >= 0.6 is 11.3 Å². The summed E-state index contributed by atoms with van der Waals surface area (Å²) in [5.41, 5.74) is 0.680. The topological polar surface area (TPSA) is 53.8 Å². The first kappa shape index (κ1) is 19.4. The van der Waals surface area contributed by atoms with Crippen molar-refractivity contribution in [3.8, 4) is 0 Å². The molecule has 0 aliphatic carbocycles. The van der Waals surface area contributed by atoms with E-state index in [9.17, 15) is 14.0 Å². The van der Waals surface area contributed by atoms with Gasteiger partial charge in [0.1, 0.15) is 5.82 Å². The van der Waals surface area contributed by atoms with Gasteiger partial charge in [-0.15, -0.1) is 11.3 Å². The molecule has 0 radical (unpaired) electrons. The molecule has 1 aliphatic rings. The molecule has 0 saturated carbocycles. The maximum Gasteiger partial charge on any atom is 0.289 e. The number of furan rings is 1. The summed E-state index contributed by atoms with van der Waals surface area (Å²) < 4.78 is 18.6. The molecular weight excluding hydrogens is 391 g/mol. The van der Waals surface area contributed by atoms with Crippen LogP contribution in [0.25, 0.3) is 0 Å². The van der Waals surface area contributed by atoms with E-state index in [0.29, 0.717) is 43.9 Å². The summed E-state index contributed by atoms with van der Waals surface area (Å²) in [5.74, 6) is -0.326. The van der Waals surface area contributed by atoms with E-state index in [1.165, 1.54) is 18.4 Å². The normalized spacial score (nSPS) is 14.7. The van der Waals surface area contributed by atoms with Crippen molar-refractivity contribution < 1.29 is 18.4 Å². The monoisotopic (exact) mass is 412 g/mol. The van der Waals surface area contributed by atoms with Crippen LogP contribution in [0.15, 0.2) is 64.6 Å². The number of carbonyl (C=O) groups is 2. The van der Waals surface area contributed by atoms with E-state index in [4.69, 9.17) is 4.42 Å². The van der Waals surface area contributed by atoms with Crippen molar-refractivity contribution in [3.05, 3.63) is 76.6 Å². The summed E-state index contributed by atoms with van der Waals surface area (Å²) in [5, 5.41) is 1.97. The number of hydrogen-bond donors (Lipinski definition) is 0. The molecule has 7 heteroatoms. The Morgan fingerprint density at radius 1 is 1.10 bits per heavy atom. The molecule has 150 valence electrons. The van der Waals surface area contributed by atoms with Gasteiger partial charge in [-0.2, -0.15) is 0 Å². The van der Waals surface area contributed by atoms with Gasteiger partial charge in [0.15, 0.2) is 5.76 Å².